The van der Waals surface area contributed by atoms with Gasteiger partial charge in [0.05, 0.1) is 84.3 Å². The van der Waals surface area contributed by atoms with Gasteiger partial charge in [0.2, 0.25) is 11.6 Å². The Morgan fingerprint density at radius 2 is 1.02 bits per heavy atom. The first kappa shape index (κ1) is 96.8. The Balaban J connectivity index is 0.000000857. The van der Waals surface area contributed by atoms with Crippen molar-refractivity contribution in [3.8, 4) is 0 Å². The summed E-state index contributed by atoms with van der Waals surface area (Å²) < 4.78 is 73.9. The van der Waals surface area contributed by atoms with E-state index in [0.29, 0.717) is 54.9 Å². The molecule has 6 aliphatic rings. The molecule has 24 atom stereocenters. The van der Waals surface area contributed by atoms with Gasteiger partial charge < -0.3 is 115 Å². The molecule has 0 aliphatic carbocycles. The Hall–Kier alpha value is -4.22. The van der Waals surface area contributed by atoms with E-state index in [-0.39, 0.29) is 117 Å². The summed E-state index contributed by atoms with van der Waals surface area (Å²) in [5, 5.41) is 35.8. The Morgan fingerprint density at radius 1 is 0.660 bits per heavy atom. The maximum absolute atomic E-state index is 13.0. The summed E-state index contributed by atoms with van der Waals surface area (Å²) in [6.45, 7) is 55.1. The first-order chi connectivity index (χ1) is 46.8. The summed E-state index contributed by atoms with van der Waals surface area (Å²) >= 11 is 0. The number of nitrogens with zero attached hydrogens (tertiary/aromatic N) is 3. The van der Waals surface area contributed by atoms with Crippen LogP contribution in [0.2, 0.25) is 0 Å². The second-order valence-corrected chi connectivity index (χ2v) is 31.1. The molecule has 3 radical (unpaired) electrons. The average Bonchev–Trinajstić information content (AvgIpc) is 1.28. The first-order valence-corrected chi connectivity index (χ1v) is 36.0. The van der Waals surface area contributed by atoms with Crippen LogP contribution < -0.4 is 51.2 Å². The van der Waals surface area contributed by atoms with Crippen LogP contribution in [0.25, 0.3) is 0 Å². The van der Waals surface area contributed by atoms with Crippen LogP contribution in [0.3, 0.4) is 0 Å². The third kappa shape index (κ3) is 25.2. The SMILES string of the molecule is C=CCO[C@](C)(C[C@@H](C)C=O)[C@H](O[C@@H]1OC(C)CC(N(C)C)C1C)[C@@H](C)C1=C(C)C(=O)OC(C)(C)O1.C=CCO[C@](C)(C[C@@H](C)CN[C@H](C)[C@H]1NC(=O)O[C@]1(C)[C@H](O)CC)[C@H](O[C@@H]1OC(C)CC(N(C)C)C1C)[C@@H](C)C1=C(C)C(=O)OC(C)(C)O1.CC[C@@H](O)[C@@]1(C)OC(=O)N[C@@H]1[C@@H](C)N.[B].[C-]#N.[Na+]. The van der Waals surface area contributed by atoms with Gasteiger partial charge in [0.15, 0.2) is 23.8 Å². The number of ether oxygens (including phenoxy) is 12. The number of hydrogen-bond donors (Lipinski definition) is 6. The van der Waals surface area contributed by atoms with E-state index in [9.17, 15) is 34.2 Å². The average molecular weight is 1470 g/mol. The third-order valence-electron chi connectivity index (χ3n) is 20.6. The molecule has 103 heavy (non-hydrogen) atoms. The van der Waals surface area contributed by atoms with E-state index in [2.05, 4.69) is 102 Å². The fraction of sp³-hybridized carbons (Fsp3) is 0.813. The number of aliphatic hydroxyl groups is 2. The number of nitrogens with two attached hydrogens (primary N) is 1. The predicted molar refractivity (Wildman–Crippen MR) is 388 cm³/mol. The molecule has 6 unspecified atom stereocenters. The molecule has 0 bridgehead atoms. The maximum Gasteiger partial charge on any atom is 1.00 e. The number of carbonyl (C=O) groups excluding carboxylic acids is 5. The number of esters is 2. The molecule has 6 aliphatic heterocycles. The van der Waals surface area contributed by atoms with Crippen LogP contribution in [0.1, 0.15) is 191 Å². The van der Waals surface area contributed by atoms with Gasteiger partial charge in [0.1, 0.15) is 17.8 Å². The summed E-state index contributed by atoms with van der Waals surface area (Å²) in [5.74, 6) is -3.04. The molecule has 583 valence electrons. The molecule has 4 saturated heterocycles. The van der Waals surface area contributed by atoms with Gasteiger partial charge in [0, 0.05) is 89.9 Å². The van der Waals surface area contributed by atoms with Crippen molar-refractivity contribution in [1.29, 1.82) is 5.26 Å². The van der Waals surface area contributed by atoms with E-state index < -0.39 is 113 Å². The monoisotopic (exact) mass is 1470 g/mol. The van der Waals surface area contributed by atoms with Crippen molar-refractivity contribution in [1.82, 2.24) is 25.8 Å². The van der Waals surface area contributed by atoms with Crippen LogP contribution in [0.15, 0.2) is 48.0 Å². The van der Waals surface area contributed by atoms with E-state index in [1.54, 1.807) is 74.5 Å². The predicted octanol–water partition coefficient (Wildman–Crippen LogP) is 6.07. The number of hydrogen-bond acceptors (Lipinski definition) is 24. The number of alkyl carbamates (subject to hydrolysis) is 2. The quantitative estimate of drug-likeness (QED) is 0.0111. The molecule has 26 nitrogen and oxygen atoms in total. The molecule has 0 spiro atoms. The molecule has 28 heteroatoms. The Bertz CT molecular complexity index is 2830. The van der Waals surface area contributed by atoms with Gasteiger partial charge in [-0.05, 0) is 148 Å². The molecule has 2 amide bonds. The van der Waals surface area contributed by atoms with Crippen LogP contribution in [0.4, 0.5) is 9.59 Å². The van der Waals surface area contributed by atoms with Gasteiger partial charge >= 0.3 is 53.7 Å². The van der Waals surface area contributed by atoms with Gasteiger partial charge in [-0.1, -0.05) is 67.5 Å². The van der Waals surface area contributed by atoms with Crippen LogP contribution >= 0.6 is 0 Å². The Labute approximate surface area is 640 Å². The number of amides is 2. The second-order valence-electron chi connectivity index (χ2n) is 31.1. The topological polar surface area (TPSA) is 329 Å². The summed E-state index contributed by atoms with van der Waals surface area (Å²) in [5.41, 5.74) is 2.73. The molecule has 6 heterocycles. The number of nitrogens with one attached hydrogen (secondary N) is 3. The number of rotatable bonds is 32. The molecule has 6 rings (SSSR count). The molecular weight excluding hydrogens is 1340 g/mol. The zero-order chi connectivity index (χ0) is 77.4. The largest absolute Gasteiger partial charge is 1.00 e. The molecular formula is C75H130BN7NaO19. The fourth-order valence-corrected chi connectivity index (χ4v) is 15.2. The number of aldehydes is 1. The molecule has 7 N–H and O–H groups in total. The van der Waals surface area contributed by atoms with E-state index >= 15 is 0 Å². The first-order valence-electron chi connectivity index (χ1n) is 36.0. The Morgan fingerprint density at radius 3 is 1.36 bits per heavy atom. The van der Waals surface area contributed by atoms with Crippen LogP contribution in [0.5, 0.6) is 0 Å². The fourth-order valence-electron chi connectivity index (χ4n) is 15.2. The van der Waals surface area contributed by atoms with Crippen molar-refractivity contribution >= 4 is 38.8 Å². The van der Waals surface area contributed by atoms with Gasteiger partial charge in [0.25, 0.3) is 0 Å². The summed E-state index contributed by atoms with van der Waals surface area (Å²) in [6, 6.07) is -0.724. The zero-order valence-corrected chi connectivity index (χ0v) is 69.4. The minimum atomic E-state index is -1.14. The van der Waals surface area contributed by atoms with Crippen molar-refractivity contribution < 1.29 is 121 Å². The maximum atomic E-state index is 13.0. The third-order valence-corrected chi connectivity index (χ3v) is 20.6. The van der Waals surface area contributed by atoms with Crippen molar-refractivity contribution in [2.45, 2.75) is 310 Å². The van der Waals surface area contributed by atoms with E-state index in [0.717, 1.165) is 19.1 Å². The number of cyclic esters (lactones) is 4. The summed E-state index contributed by atoms with van der Waals surface area (Å²) in [6.07, 6.45) is 3.21. The van der Waals surface area contributed by atoms with Crippen molar-refractivity contribution in [3.63, 3.8) is 0 Å². The molecule has 0 aromatic carbocycles. The smallest absolute Gasteiger partial charge is 0.512 e. The van der Waals surface area contributed by atoms with Gasteiger partial charge in [-0.2, -0.15) is 0 Å². The van der Waals surface area contributed by atoms with Gasteiger partial charge in [-0.15, -0.1) is 13.2 Å². The van der Waals surface area contributed by atoms with Crippen LogP contribution in [-0.4, -0.2) is 226 Å². The van der Waals surface area contributed by atoms with E-state index in [1.165, 1.54) is 0 Å². The van der Waals surface area contributed by atoms with Crippen molar-refractivity contribution in [3.05, 3.63) is 54.5 Å². The standard InChI is InChI=1S/C37H65N3O9.C28H47NO7.C9H18N2O3.CN.B.Na/c1-15-17-44-36(11,19-21(3)20-38-26(8)30-37(12,28(41)16-2)49-34(43)39-30)31(24(6)29-25(7)32(42)48-35(9,10)47-29)46-33-23(5)27(40(13)14)18-22(4)45-33;1-12-13-32-28(9,15-17(2)16-30)24(20(5)23-21(6)25(31)36-27(7,8)35-23)34-26-19(4)22(29(10)11)14-18(3)33-26;1-4-6(12)9(3)7(5(2)10)11-8(13)14-9;1-2;;/h15,21-24,26-28,30-31,33,38,41H,1,16-20H2,2-14H3,(H,39,43);12,16-20,22,24,26H,1,13-15H2,2-11H3;5-7,12H,4,10H2,1-3H3,(H,11,13);;;/q;;;-1;;+1/t21-,22?,23?,24+,26-,27?,28-,30-,31-,33+,36-,37-;17-,18?,19?,20+,22?,24-,26+,28-;5-,6-,7-,9-;;;/m111.../s1. The minimum Gasteiger partial charge on any atom is -0.512 e. The summed E-state index contributed by atoms with van der Waals surface area (Å²) in [4.78, 5) is 65.2. The van der Waals surface area contributed by atoms with Crippen molar-refractivity contribution in [2.75, 3.05) is 47.9 Å². The molecule has 0 aromatic heterocycles. The van der Waals surface area contributed by atoms with Gasteiger partial charge in [-0.25, -0.2) is 19.2 Å². The van der Waals surface area contributed by atoms with Gasteiger partial charge in [-0.3, -0.25) is 0 Å². The van der Waals surface area contributed by atoms with Crippen LogP contribution in [-0.2, 0) is 71.2 Å². The molecule has 0 aromatic rings. The van der Waals surface area contributed by atoms with Crippen molar-refractivity contribution in [2.24, 2.45) is 41.2 Å². The summed E-state index contributed by atoms with van der Waals surface area (Å²) in [7, 11) is 8.29. The zero-order valence-electron chi connectivity index (χ0n) is 67.4. The number of carbonyl (C=O) groups is 5. The van der Waals surface area contributed by atoms with E-state index in [1.807, 2.05) is 55.4 Å². The molecule has 4 fully saturated rings. The Kier molecular flexibility index (Phi) is 38.9. The molecule has 0 saturated carbocycles. The van der Waals surface area contributed by atoms with E-state index in [4.69, 9.17) is 74.4 Å². The van der Waals surface area contributed by atoms with Crippen LogP contribution in [0, 0.1) is 47.3 Å². The second kappa shape index (κ2) is 41.4. The normalized spacial score (nSPS) is 31.3. The minimum absolute atomic E-state index is 0. The number of aliphatic hydroxyl groups excluding tert-OH is 2.